The van der Waals surface area contributed by atoms with E-state index in [1.54, 1.807) is 0 Å². The van der Waals surface area contributed by atoms with Crippen molar-refractivity contribution in [3.05, 3.63) is 65.2 Å². The predicted molar refractivity (Wildman–Crippen MR) is 113 cm³/mol. The molecular formula is C23H31N3O2. The van der Waals surface area contributed by atoms with Crippen molar-refractivity contribution in [2.45, 2.75) is 20.4 Å². The maximum Gasteiger partial charge on any atom is 0.234 e. The van der Waals surface area contributed by atoms with E-state index in [-0.39, 0.29) is 5.91 Å². The predicted octanol–water partition coefficient (Wildman–Crippen LogP) is 2.62. The molecule has 1 aliphatic heterocycles. The lowest BCUT2D eigenvalue weighted by molar-refractivity contribution is -0.122. The van der Waals surface area contributed by atoms with Crippen LogP contribution in [0.4, 0.5) is 0 Å². The maximum absolute atomic E-state index is 12.2. The summed E-state index contributed by atoms with van der Waals surface area (Å²) in [6.45, 7) is 10.6. The molecule has 0 saturated carbocycles. The fourth-order valence-corrected chi connectivity index (χ4v) is 3.54. The zero-order valence-electron chi connectivity index (χ0n) is 17.0. The van der Waals surface area contributed by atoms with Crippen LogP contribution in [0.1, 0.15) is 16.7 Å². The summed E-state index contributed by atoms with van der Waals surface area (Å²) >= 11 is 0. The largest absolute Gasteiger partial charge is 0.492 e. The van der Waals surface area contributed by atoms with Gasteiger partial charge in [-0.1, -0.05) is 36.4 Å². The van der Waals surface area contributed by atoms with Crippen LogP contribution in [-0.4, -0.2) is 61.6 Å². The van der Waals surface area contributed by atoms with Crippen molar-refractivity contribution in [2.24, 2.45) is 0 Å². The molecular weight excluding hydrogens is 350 g/mol. The molecule has 1 amide bonds. The molecule has 1 N–H and O–H groups in total. The summed E-state index contributed by atoms with van der Waals surface area (Å²) in [6.07, 6.45) is 0. The third-order valence-corrected chi connectivity index (χ3v) is 5.04. The van der Waals surface area contributed by atoms with Gasteiger partial charge in [-0.25, -0.2) is 0 Å². The number of rotatable bonds is 8. The third kappa shape index (κ3) is 6.66. The topological polar surface area (TPSA) is 44.8 Å². The lowest BCUT2D eigenvalue weighted by Crippen LogP contribution is -2.50. The molecule has 1 saturated heterocycles. The van der Waals surface area contributed by atoms with E-state index >= 15 is 0 Å². The van der Waals surface area contributed by atoms with E-state index in [9.17, 15) is 4.79 Å². The summed E-state index contributed by atoms with van der Waals surface area (Å²) in [5.74, 6) is 1.04. The Kier molecular flexibility index (Phi) is 7.46. The molecule has 0 aromatic heterocycles. The normalized spacial score (nSPS) is 15.4. The first kappa shape index (κ1) is 20.4. The molecule has 0 unspecified atom stereocenters. The van der Waals surface area contributed by atoms with E-state index in [1.165, 1.54) is 11.1 Å². The second-order valence-corrected chi connectivity index (χ2v) is 7.55. The van der Waals surface area contributed by atoms with Gasteiger partial charge in [0.05, 0.1) is 6.54 Å². The molecule has 1 heterocycles. The van der Waals surface area contributed by atoms with Gasteiger partial charge in [0.2, 0.25) is 5.91 Å². The quantitative estimate of drug-likeness (QED) is 0.764. The lowest BCUT2D eigenvalue weighted by atomic mass is 10.1. The van der Waals surface area contributed by atoms with Gasteiger partial charge in [-0.3, -0.25) is 14.6 Å². The standard InChI is InChI=1S/C23H31N3O2/c1-19-14-20(2)16-22(15-19)28-13-12-25-8-10-26(11-9-25)18-23(27)24-17-21-6-4-3-5-7-21/h3-7,14-16H,8-13,17-18H2,1-2H3,(H,24,27). The molecule has 150 valence electrons. The van der Waals surface area contributed by atoms with Crippen LogP contribution >= 0.6 is 0 Å². The highest BCUT2D eigenvalue weighted by Gasteiger charge is 2.18. The first-order valence-corrected chi connectivity index (χ1v) is 10.0. The van der Waals surface area contributed by atoms with Gasteiger partial charge >= 0.3 is 0 Å². The highest BCUT2D eigenvalue weighted by molar-refractivity contribution is 5.78. The number of carbonyl (C=O) groups is 1. The number of ether oxygens (including phenoxy) is 1. The van der Waals surface area contributed by atoms with Crippen LogP contribution in [0, 0.1) is 13.8 Å². The van der Waals surface area contributed by atoms with Crippen LogP contribution in [-0.2, 0) is 11.3 Å². The van der Waals surface area contributed by atoms with Crippen LogP contribution in [0.2, 0.25) is 0 Å². The molecule has 0 radical (unpaired) electrons. The molecule has 5 nitrogen and oxygen atoms in total. The Morgan fingerprint density at radius 3 is 2.29 bits per heavy atom. The van der Waals surface area contributed by atoms with Crippen molar-refractivity contribution in [2.75, 3.05) is 45.9 Å². The van der Waals surface area contributed by atoms with Gasteiger partial charge < -0.3 is 10.1 Å². The third-order valence-electron chi connectivity index (χ3n) is 5.04. The Balaban J connectivity index is 1.31. The van der Waals surface area contributed by atoms with Crippen LogP contribution in [0.15, 0.2) is 48.5 Å². The molecule has 28 heavy (non-hydrogen) atoms. The molecule has 0 spiro atoms. The minimum Gasteiger partial charge on any atom is -0.492 e. The Labute approximate surface area is 168 Å². The summed E-state index contributed by atoms with van der Waals surface area (Å²) in [5, 5.41) is 3.00. The summed E-state index contributed by atoms with van der Waals surface area (Å²) in [4.78, 5) is 16.8. The first-order chi connectivity index (χ1) is 13.6. The minimum absolute atomic E-state index is 0.0930. The van der Waals surface area contributed by atoms with E-state index in [4.69, 9.17) is 4.74 Å². The maximum atomic E-state index is 12.2. The highest BCUT2D eigenvalue weighted by atomic mass is 16.5. The van der Waals surface area contributed by atoms with Gasteiger partial charge in [0.25, 0.3) is 0 Å². The Bertz CT molecular complexity index is 735. The Hall–Kier alpha value is -2.37. The Morgan fingerprint density at radius 1 is 0.964 bits per heavy atom. The van der Waals surface area contributed by atoms with Gasteiger partial charge in [0.15, 0.2) is 0 Å². The number of amides is 1. The number of aryl methyl sites for hydroxylation is 2. The highest BCUT2D eigenvalue weighted by Crippen LogP contribution is 2.16. The zero-order chi connectivity index (χ0) is 19.8. The van der Waals surface area contributed by atoms with Crippen molar-refractivity contribution in [3.8, 4) is 5.75 Å². The van der Waals surface area contributed by atoms with Crippen LogP contribution < -0.4 is 10.1 Å². The number of nitrogens with one attached hydrogen (secondary N) is 1. The molecule has 2 aromatic rings. The number of benzene rings is 2. The van der Waals surface area contributed by atoms with E-state index in [2.05, 4.69) is 47.2 Å². The van der Waals surface area contributed by atoms with E-state index < -0.39 is 0 Å². The molecule has 2 aromatic carbocycles. The summed E-state index contributed by atoms with van der Waals surface area (Å²) in [7, 11) is 0. The summed E-state index contributed by atoms with van der Waals surface area (Å²) in [5.41, 5.74) is 3.59. The van der Waals surface area contributed by atoms with Gasteiger partial charge in [-0.2, -0.15) is 0 Å². The molecule has 1 aliphatic rings. The first-order valence-electron chi connectivity index (χ1n) is 10.0. The number of nitrogens with zero attached hydrogens (tertiary/aromatic N) is 2. The van der Waals surface area contributed by atoms with Crippen molar-refractivity contribution >= 4 is 5.91 Å². The molecule has 0 bridgehead atoms. The second-order valence-electron chi connectivity index (χ2n) is 7.55. The molecule has 1 fully saturated rings. The van der Waals surface area contributed by atoms with Crippen molar-refractivity contribution in [1.29, 1.82) is 0 Å². The Morgan fingerprint density at radius 2 is 1.61 bits per heavy atom. The number of carbonyl (C=O) groups excluding carboxylic acids is 1. The SMILES string of the molecule is Cc1cc(C)cc(OCCN2CCN(CC(=O)NCc3ccccc3)CC2)c1. The lowest BCUT2D eigenvalue weighted by Gasteiger charge is -2.34. The van der Waals surface area contributed by atoms with Gasteiger partial charge in [-0.15, -0.1) is 0 Å². The average Bonchev–Trinajstić information content (AvgIpc) is 2.68. The second kappa shape index (κ2) is 10.2. The number of hydrogen-bond acceptors (Lipinski definition) is 4. The van der Waals surface area contributed by atoms with Crippen LogP contribution in [0.5, 0.6) is 5.75 Å². The smallest absolute Gasteiger partial charge is 0.234 e. The fourth-order valence-electron chi connectivity index (χ4n) is 3.54. The summed E-state index contributed by atoms with van der Waals surface area (Å²) < 4.78 is 5.92. The van der Waals surface area contributed by atoms with Crippen LogP contribution in [0.25, 0.3) is 0 Å². The van der Waals surface area contributed by atoms with E-state index in [1.807, 2.05) is 30.3 Å². The van der Waals surface area contributed by atoms with Gasteiger partial charge in [0, 0.05) is 39.3 Å². The number of hydrogen-bond donors (Lipinski definition) is 1. The van der Waals surface area contributed by atoms with Crippen molar-refractivity contribution in [1.82, 2.24) is 15.1 Å². The van der Waals surface area contributed by atoms with Gasteiger partial charge in [0.1, 0.15) is 12.4 Å². The van der Waals surface area contributed by atoms with E-state index in [0.717, 1.165) is 44.0 Å². The van der Waals surface area contributed by atoms with Crippen LogP contribution in [0.3, 0.4) is 0 Å². The molecule has 0 aliphatic carbocycles. The monoisotopic (exact) mass is 381 g/mol. The molecule has 5 heteroatoms. The minimum atomic E-state index is 0.0930. The molecule has 3 rings (SSSR count). The number of piperazine rings is 1. The average molecular weight is 382 g/mol. The van der Waals surface area contributed by atoms with Gasteiger partial charge in [-0.05, 0) is 42.7 Å². The fraction of sp³-hybridized carbons (Fsp3) is 0.435. The van der Waals surface area contributed by atoms with Crippen molar-refractivity contribution < 1.29 is 9.53 Å². The van der Waals surface area contributed by atoms with Crippen molar-refractivity contribution in [3.63, 3.8) is 0 Å². The molecule has 0 atom stereocenters. The van der Waals surface area contributed by atoms with E-state index in [0.29, 0.717) is 19.7 Å². The summed E-state index contributed by atoms with van der Waals surface area (Å²) in [6, 6.07) is 16.3. The zero-order valence-corrected chi connectivity index (χ0v) is 17.0.